The van der Waals surface area contributed by atoms with Gasteiger partial charge in [-0.25, -0.2) is 0 Å². The molecule has 0 fully saturated rings. The fraction of sp³-hybridized carbons (Fsp3) is 0.350. The maximum Gasteiger partial charge on any atom is 0.251 e. The zero-order chi connectivity index (χ0) is 18.1. The Morgan fingerprint density at radius 2 is 1.96 bits per heavy atom. The van der Waals surface area contributed by atoms with Crippen molar-refractivity contribution in [3.8, 4) is 5.75 Å². The lowest BCUT2D eigenvalue weighted by Crippen LogP contribution is -2.23. The van der Waals surface area contributed by atoms with Gasteiger partial charge < -0.3 is 14.8 Å². The minimum atomic E-state index is -0.155. The van der Waals surface area contributed by atoms with E-state index in [0.717, 1.165) is 29.7 Å². The van der Waals surface area contributed by atoms with Gasteiger partial charge in [0.2, 0.25) is 0 Å². The van der Waals surface area contributed by atoms with Crippen molar-refractivity contribution in [2.24, 2.45) is 0 Å². The van der Waals surface area contributed by atoms with Crippen LogP contribution in [0.25, 0.3) is 0 Å². The topological polar surface area (TPSA) is 47.6 Å². The first-order valence-electron chi connectivity index (χ1n) is 8.42. The summed E-state index contributed by atoms with van der Waals surface area (Å²) in [6.45, 7) is 3.62. The van der Waals surface area contributed by atoms with Crippen LogP contribution < -0.4 is 10.1 Å². The van der Waals surface area contributed by atoms with Crippen molar-refractivity contribution < 1.29 is 14.3 Å². The van der Waals surface area contributed by atoms with Crippen molar-refractivity contribution in [2.75, 3.05) is 13.7 Å². The molecule has 2 aromatic carbocycles. The van der Waals surface area contributed by atoms with Crippen molar-refractivity contribution in [1.82, 2.24) is 5.32 Å². The van der Waals surface area contributed by atoms with Gasteiger partial charge in [-0.05, 0) is 36.2 Å². The predicted octanol–water partition coefficient (Wildman–Crippen LogP) is 4.60. The Bertz CT molecular complexity index is 703. The van der Waals surface area contributed by atoms with Crippen LogP contribution in [-0.2, 0) is 17.9 Å². The van der Waals surface area contributed by atoms with Crippen molar-refractivity contribution in [3.05, 3.63) is 64.2 Å². The van der Waals surface area contributed by atoms with Crippen LogP contribution >= 0.6 is 11.6 Å². The second kappa shape index (κ2) is 10.1. The molecular formula is C20H24ClNO3. The second-order valence-electron chi connectivity index (χ2n) is 5.71. The second-order valence-corrected chi connectivity index (χ2v) is 6.11. The summed E-state index contributed by atoms with van der Waals surface area (Å²) in [5, 5.41) is 3.53. The quantitative estimate of drug-likeness (QED) is 0.664. The molecule has 5 heteroatoms. The number of amides is 1. The number of hydrogen-bond acceptors (Lipinski definition) is 3. The fourth-order valence-electron chi connectivity index (χ4n) is 2.38. The van der Waals surface area contributed by atoms with Crippen molar-refractivity contribution >= 4 is 17.5 Å². The molecule has 2 aromatic rings. The third-order valence-corrected chi connectivity index (χ3v) is 4.21. The summed E-state index contributed by atoms with van der Waals surface area (Å²) in [5.41, 5.74) is 2.32. The lowest BCUT2D eigenvalue weighted by Gasteiger charge is -2.12. The number of benzene rings is 2. The van der Waals surface area contributed by atoms with Gasteiger partial charge in [-0.1, -0.05) is 43.1 Å². The molecule has 0 aliphatic rings. The third kappa shape index (κ3) is 5.76. The molecule has 0 heterocycles. The highest BCUT2D eigenvalue weighted by molar-refractivity contribution is 6.31. The molecule has 0 aromatic heterocycles. The first-order valence-corrected chi connectivity index (χ1v) is 8.79. The molecule has 0 saturated carbocycles. The number of methoxy groups -OCH3 is 1. The number of rotatable bonds is 9. The Balaban J connectivity index is 2.02. The normalized spacial score (nSPS) is 10.5. The van der Waals surface area contributed by atoms with Gasteiger partial charge in [0.25, 0.3) is 5.91 Å². The maximum absolute atomic E-state index is 12.4. The van der Waals surface area contributed by atoms with Gasteiger partial charge in [0.15, 0.2) is 0 Å². The van der Waals surface area contributed by atoms with Gasteiger partial charge in [0, 0.05) is 29.3 Å². The summed E-state index contributed by atoms with van der Waals surface area (Å²) in [4.78, 5) is 12.4. The highest BCUT2D eigenvalue weighted by Crippen LogP contribution is 2.21. The Labute approximate surface area is 154 Å². The number of hydrogen-bond donors (Lipinski definition) is 1. The molecular weight excluding hydrogens is 338 g/mol. The molecule has 0 saturated heterocycles. The van der Waals surface area contributed by atoms with Crippen LogP contribution in [0.2, 0.25) is 5.02 Å². The Hall–Kier alpha value is -2.04. The average molecular weight is 362 g/mol. The first-order chi connectivity index (χ1) is 12.2. The summed E-state index contributed by atoms with van der Waals surface area (Å²) in [6.07, 6.45) is 2.10. The van der Waals surface area contributed by atoms with Crippen LogP contribution in [0.3, 0.4) is 0 Å². The van der Waals surface area contributed by atoms with Crippen LogP contribution in [0.15, 0.2) is 42.5 Å². The summed E-state index contributed by atoms with van der Waals surface area (Å²) in [6, 6.07) is 12.8. The smallest absolute Gasteiger partial charge is 0.251 e. The Morgan fingerprint density at radius 3 is 2.68 bits per heavy atom. The van der Waals surface area contributed by atoms with Crippen LogP contribution in [0.5, 0.6) is 5.75 Å². The van der Waals surface area contributed by atoms with Crippen LogP contribution in [0.4, 0.5) is 0 Å². The minimum Gasteiger partial charge on any atom is -0.496 e. The van der Waals surface area contributed by atoms with E-state index in [1.165, 1.54) is 0 Å². The Kier molecular flexibility index (Phi) is 7.76. The summed E-state index contributed by atoms with van der Waals surface area (Å²) in [5.74, 6) is 0.566. The number of unbranched alkanes of at least 4 members (excludes halogenated alkanes) is 1. The Morgan fingerprint density at radius 1 is 1.16 bits per heavy atom. The van der Waals surface area contributed by atoms with Gasteiger partial charge in [-0.15, -0.1) is 0 Å². The van der Waals surface area contributed by atoms with E-state index in [-0.39, 0.29) is 5.91 Å². The molecule has 0 spiro atoms. The number of carbonyl (C=O) groups is 1. The van der Waals surface area contributed by atoms with Crippen molar-refractivity contribution in [1.29, 1.82) is 0 Å². The van der Waals surface area contributed by atoms with E-state index in [4.69, 9.17) is 21.1 Å². The monoisotopic (exact) mass is 361 g/mol. The van der Waals surface area contributed by atoms with Gasteiger partial charge >= 0.3 is 0 Å². The number of carbonyl (C=O) groups excluding carboxylic acids is 1. The number of halogens is 1. The lowest BCUT2D eigenvalue weighted by atomic mass is 10.1. The third-order valence-electron chi connectivity index (χ3n) is 3.84. The zero-order valence-electron chi connectivity index (χ0n) is 14.7. The van der Waals surface area contributed by atoms with Crippen molar-refractivity contribution in [2.45, 2.75) is 32.9 Å². The zero-order valence-corrected chi connectivity index (χ0v) is 15.4. The SMILES string of the molecule is CCCCOCc1cc(C(=O)NCc2ccccc2Cl)ccc1OC. The molecule has 25 heavy (non-hydrogen) atoms. The highest BCUT2D eigenvalue weighted by Gasteiger charge is 2.11. The summed E-state index contributed by atoms with van der Waals surface area (Å²) >= 11 is 6.12. The molecule has 1 amide bonds. The molecule has 0 radical (unpaired) electrons. The summed E-state index contributed by atoms with van der Waals surface area (Å²) in [7, 11) is 1.61. The van der Waals surface area contributed by atoms with Crippen LogP contribution in [0, 0.1) is 0 Å². The first kappa shape index (κ1) is 19.3. The lowest BCUT2D eigenvalue weighted by molar-refractivity contribution is 0.0949. The maximum atomic E-state index is 12.4. The van der Waals surface area contributed by atoms with Gasteiger partial charge in [-0.2, -0.15) is 0 Å². The fourth-order valence-corrected chi connectivity index (χ4v) is 2.58. The minimum absolute atomic E-state index is 0.155. The van der Waals surface area contributed by atoms with Crippen molar-refractivity contribution in [3.63, 3.8) is 0 Å². The predicted molar refractivity (Wildman–Crippen MR) is 100 cm³/mol. The van der Waals surface area contributed by atoms with E-state index in [9.17, 15) is 4.79 Å². The molecule has 1 N–H and O–H groups in total. The molecule has 2 rings (SSSR count). The van der Waals surface area contributed by atoms with Gasteiger partial charge in [0.1, 0.15) is 5.75 Å². The molecule has 4 nitrogen and oxygen atoms in total. The molecule has 0 unspecified atom stereocenters. The number of nitrogens with one attached hydrogen (secondary N) is 1. The van der Waals surface area contributed by atoms with Crippen LogP contribution in [0.1, 0.15) is 41.3 Å². The van der Waals surface area contributed by atoms with E-state index in [1.807, 2.05) is 30.3 Å². The largest absolute Gasteiger partial charge is 0.496 e. The summed E-state index contributed by atoms with van der Waals surface area (Å²) < 4.78 is 11.0. The molecule has 0 aliphatic heterocycles. The van der Waals surface area contributed by atoms with E-state index < -0.39 is 0 Å². The van der Waals surface area contributed by atoms with E-state index in [2.05, 4.69) is 12.2 Å². The average Bonchev–Trinajstić information content (AvgIpc) is 2.64. The molecule has 134 valence electrons. The van der Waals surface area contributed by atoms with E-state index >= 15 is 0 Å². The van der Waals surface area contributed by atoms with E-state index in [1.54, 1.807) is 19.2 Å². The standard InChI is InChI=1S/C20H24ClNO3/c1-3-4-11-25-14-17-12-15(9-10-19(17)24-2)20(23)22-13-16-7-5-6-8-18(16)21/h5-10,12H,3-4,11,13-14H2,1-2H3,(H,22,23). The number of ether oxygens (including phenoxy) is 2. The van der Waals surface area contributed by atoms with Gasteiger partial charge in [-0.3, -0.25) is 4.79 Å². The molecule has 0 bridgehead atoms. The van der Waals surface area contributed by atoms with Gasteiger partial charge in [0.05, 0.1) is 13.7 Å². The van der Waals surface area contributed by atoms with E-state index in [0.29, 0.717) is 30.3 Å². The van der Waals surface area contributed by atoms with Crippen LogP contribution in [-0.4, -0.2) is 19.6 Å². The molecule has 0 atom stereocenters. The molecule has 0 aliphatic carbocycles. The highest BCUT2D eigenvalue weighted by atomic mass is 35.5.